The molecule has 9 nitrogen and oxygen atoms in total. The Morgan fingerprint density at radius 3 is 1.94 bits per heavy atom. The highest BCUT2D eigenvalue weighted by Crippen LogP contribution is 2.26. The van der Waals surface area contributed by atoms with Crippen molar-refractivity contribution in [3.05, 3.63) is 70.2 Å². The van der Waals surface area contributed by atoms with Crippen molar-refractivity contribution in [1.82, 2.24) is 14.7 Å². The van der Waals surface area contributed by atoms with Gasteiger partial charge in [-0.2, -0.15) is 0 Å². The summed E-state index contributed by atoms with van der Waals surface area (Å²) in [5, 5.41) is 10.0. The molecule has 34 heavy (non-hydrogen) atoms. The van der Waals surface area contributed by atoms with Crippen molar-refractivity contribution in [2.24, 2.45) is 0 Å². The first-order valence-electron chi connectivity index (χ1n) is 10.8. The van der Waals surface area contributed by atoms with E-state index in [2.05, 4.69) is 0 Å². The summed E-state index contributed by atoms with van der Waals surface area (Å²) in [5.74, 6) is -3.21. The predicted molar refractivity (Wildman–Crippen MR) is 122 cm³/mol. The minimum absolute atomic E-state index is 0.150. The van der Waals surface area contributed by atoms with E-state index in [1.807, 2.05) is 0 Å². The molecule has 2 aromatic rings. The van der Waals surface area contributed by atoms with Gasteiger partial charge in [0.05, 0.1) is 21.7 Å². The highest BCUT2D eigenvalue weighted by Gasteiger charge is 2.43. The molecule has 176 valence electrons. The number of fused-ring (bicyclic) bond motifs is 1. The molecule has 0 spiro atoms. The summed E-state index contributed by atoms with van der Waals surface area (Å²) in [6.45, 7) is 1.21. The molecule has 4 rings (SSSR count). The third kappa shape index (κ3) is 4.38. The van der Waals surface area contributed by atoms with Gasteiger partial charge in [-0.15, -0.1) is 0 Å². The first kappa shape index (κ1) is 23.4. The smallest absolute Gasteiger partial charge is 0.326 e. The van der Waals surface area contributed by atoms with Gasteiger partial charge in [-0.05, 0) is 30.7 Å². The SMILES string of the molecule is O=C(O)[C@H](CCC(=O)N1CCN(C(=O)c2ccccc2Cl)CC1)N1C(=O)c2ccccc2C1=O. The van der Waals surface area contributed by atoms with Gasteiger partial charge in [0.25, 0.3) is 17.7 Å². The molecular weight excluding hydrogens is 462 g/mol. The van der Waals surface area contributed by atoms with Gasteiger partial charge in [0.2, 0.25) is 5.91 Å². The standard InChI is InChI=1S/C24H22ClN3O6/c25-18-8-4-3-7-17(18)21(30)27-13-11-26(12-14-27)20(29)10-9-19(24(33)34)28-22(31)15-5-1-2-6-16(15)23(28)32/h1-8,19H,9-14H2,(H,33,34)/t19-/m0/s1. The quantitative estimate of drug-likeness (QED) is 0.629. The molecule has 1 saturated heterocycles. The molecule has 0 aromatic heterocycles. The number of benzene rings is 2. The number of rotatable bonds is 6. The Bertz CT molecular complexity index is 1140. The second-order valence-electron chi connectivity index (χ2n) is 8.07. The lowest BCUT2D eigenvalue weighted by Crippen LogP contribution is -2.51. The zero-order chi connectivity index (χ0) is 24.4. The summed E-state index contributed by atoms with van der Waals surface area (Å²) < 4.78 is 0. The number of carboxylic acid groups (broad SMARTS) is 1. The minimum Gasteiger partial charge on any atom is -0.480 e. The Kier molecular flexibility index (Phi) is 6.65. The van der Waals surface area contributed by atoms with E-state index in [0.29, 0.717) is 36.8 Å². The molecule has 2 aliphatic rings. The minimum atomic E-state index is -1.44. The van der Waals surface area contributed by atoms with Gasteiger partial charge < -0.3 is 14.9 Å². The van der Waals surface area contributed by atoms with Crippen LogP contribution in [0.15, 0.2) is 48.5 Å². The molecule has 2 aliphatic heterocycles. The van der Waals surface area contributed by atoms with Crippen molar-refractivity contribution >= 4 is 41.2 Å². The predicted octanol–water partition coefficient (Wildman–Crippen LogP) is 2.15. The van der Waals surface area contributed by atoms with Crippen LogP contribution < -0.4 is 0 Å². The second kappa shape index (κ2) is 9.64. The average Bonchev–Trinajstić information content (AvgIpc) is 3.09. The van der Waals surface area contributed by atoms with E-state index < -0.39 is 23.8 Å². The van der Waals surface area contributed by atoms with E-state index in [0.717, 1.165) is 4.90 Å². The van der Waals surface area contributed by atoms with Gasteiger partial charge in [0.1, 0.15) is 6.04 Å². The number of carbonyl (C=O) groups excluding carboxylic acids is 4. The molecular formula is C24H22ClN3O6. The Labute approximate surface area is 200 Å². The molecule has 1 atom stereocenters. The van der Waals surface area contributed by atoms with Crippen LogP contribution >= 0.6 is 11.6 Å². The van der Waals surface area contributed by atoms with E-state index in [1.54, 1.807) is 46.2 Å². The van der Waals surface area contributed by atoms with Gasteiger partial charge in [-0.3, -0.25) is 24.1 Å². The Hall–Kier alpha value is -3.72. The van der Waals surface area contributed by atoms with E-state index in [9.17, 15) is 29.1 Å². The maximum Gasteiger partial charge on any atom is 0.326 e. The van der Waals surface area contributed by atoms with E-state index in [1.165, 1.54) is 12.1 Å². The summed E-state index contributed by atoms with van der Waals surface area (Å²) in [4.78, 5) is 66.5. The van der Waals surface area contributed by atoms with Crippen LogP contribution in [0.4, 0.5) is 0 Å². The van der Waals surface area contributed by atoms with Crippen LogP contribution in [0.2, 0.25) is 5.02 Å². The van der Waals surface area contributed by atoms with Crippen molar-refractivity contribution in [3.8, 4) is 0 Å². The number of carboxylic acids is 1. The number of halogens is 1. The molecule has 4 amide bonds. The number of piperazine rings is 1. The van der Waals surface area contributed by atoms with Crippen molar-refractivity contribution in [1.29, 1.82) is 0 Å². The topological polar surface area (TPSA) is 115 Å². The fourth-order valence-corrected chi connectivity index (χ4v) is 4.45. The highest BCUT2D eigenvalue weighted by molar-refractivity contribution is 6.33. The van der Waals surface area contributed by atoms with Gasteiger partial charge >= 0.3 is 5.97 Å². The third-order valence-corrected chi connectivity index (χ3v) is 6.41. The fraction of sp³-hybridized carbons (Fsp3) is 0.292. The first-order valence-corrected chi connectivity index (χ1v) is 11.2. The maximum absolute atomic E-state index is 12.7. The number of carbonyl (C=O) groups is 5. The van der Waals surface area contributed by atoms with Gasteiger partial charge in [-0.25, -0.2) is 4.79 Å². The number of hydrogen-bond donors (Lipinski definition) is 1. The molecule has 0 aliphatic carbocycles. The number of nitrogens with zero attached hydrogens (tertiary/aromatic N) is 3. The van der Waals surface area contributed by atoms with Crippen molar-refractivity contribution in [3.63, 3.8) is 0 Å². The lowest BCUT2D eigenvalue weighted by atomic mass is 10.1. The monoisotopic (exact) mass is 483 g/mol. The fourth-order valence-electron chi connectivity index (χ4n) is 4.24. The van der Waals surface area contributed by atoms with Crippen molar-refractivity contribution in [2.75, 3.05) is 26.2 Å². The summed E-state index contributed by atoms with van der Waals surface area (Å²) in [5.41, 5.74) is 0.711. The number of aliphatic carboxylic acids is 1. The Morgan fingerprint density at radius 2 is 1.38 bits per heavy atom. The largest absolute Gasteiger partial charge is 0.480 e. The van der Waals surface area contributed by atoms with Crippen molar-refractivity contribution < 1.29 is 29.1 Å². The number of imide groups is 1. The molecule has 10 heteroatoms. The lowest BCUT2D eigenvalue weighted by Gasteiger charge is -2.35. The lowest BCUT2D eigenvalue weighted by molar-refractivity contribution is -0.142. The average molecular weight is 484 g/mol. The molecule has 0 saturated carbocycles. The number of hydrogen-bond acceptors (Lipinski definition) is 5. The summed E-state index contributed by atoms with van der Waals surface area (Å²) >= 11 is 6.11. The van der Waals surface area contributed by atoms with Crippen LogP contribution in [0.5, 0.6) is 0 Å². The summed E-state index contributed by atoms with van der Waals surface area (Å²) in [6.07, 6.45) is -0.346. The van der Waals surface area contributed by atoms with Crippen LogP contribution in [0, 0.1) is 0 Å². The molecule has 2 heterocycles. The van der Waals surface area contributed by atoms with E-state index >= 15 is 0 Å². The Morgan fingerprint density at radius 1 is 0.853 bits per heavy atom. The molecule has 0 unspecified atom stereocenters. The molecule has 1 N–H and O–H groups in total. The number of amides is 4. The van der Waals surface area contributed by atoms with Gasteiger partial charge in [-0.1, -0.05) is 35.9 Å². The normalized spacial score (nSPS) is 16.4. The maximum atomic E-state index is 12.7. The van der Waals surface area contributed by atoms with Crippen LogP contribution in [0.1, 0.15) is 43.9 Å². The zero-order valence-corrected chi connectivity index (χ0v) is 18.9. The van der Waals surface area contributed by atoms with Crippen LogP contribution in [0.25, 0.3) is 0 Å². The molecule has 0 bridgehead atoms. The molecule has 1 fully saturated rings. The van der Waals surface area contributed by atoms with Crippen LogP contribution in [-0.4, -0.2) is 81.6 Å². The summed E-state index contributed by atoms with van der Waals surface area (Å²) in [6, 6.07) is 11.5. The van der Waals surface area contributed by atoms with E-state index in [4.69, 9.17) is 11.6 Å². The van der Waals surface area contributed by atoms with Crippen molar-refractivity contribution in [2.45, 2.75) is 18.9 Å². The summed E-state index contributed by atoms with van der Waals surface area (Å²) in [7, 11) is 0. The van der Waals surface area contributed by atoms with Gasteiger partial charge in [0.15, 0.2) is 0 Å². The first-order chi connectivity index (χ1) is 16.3. The Balaban J connectivity index is 1.35. The third-order valence-electron chi connectivity index (χ3n) is 6.08. The van der Waals surface area contributed by atoms with E-state index in [-0.39, 0.29) is 35.8 Å². The van der Waals surface area contributed by atoms with Gasteiger partial charge in [0, 0.05) is 32.6 Å². The zero-order valence-electron chi connectivity index (χ0n) is 18.1. The molecule has 0 radical (unpaired) electrons. The molecule has 2 aromatic carbocycles. The van der Waals surface area contributed by atoms with Crippen LogP contribution in [-0.2, 0) is 9.59 Å². The second-order valence-corrected chi connectivity index (χ2v) is 8.48. The highest BCUT2D eigenvalue weighted by atomic mass is 35.5. The van der Waals surface area contributed by atoms with Crippen LogP contribution in [0.3, 0.4) is 0 Å².